The summed E-state index contributed by atoms with van der Waals surface area (Å²) in [6, 6.07) is 26.4. The number of halogens is 1. The van der Waals surface area contributed by atoms with Crippen LogP contribution in [0.3, 0.4) is 0 Å². The third-order valence-electron chi connectivity index (χ3n) is 7.34. The van der Waals surface area contributed by atoms with E-state index in [4.69, 9.17) is 4.74 Å². The van der Waals surface area contributed by atoms with Crippen molar-refractivity contribution in [2.45, 2.75) is 50.7 Å². The van der Waals surface area contributed by atoms with E-state index < -0.39 is 34.3 Å². The molecular weight excluding hydrogens is 593 g/mol. The van der Waals surface area contributed by atoms with Crippen molar-refractivity contribution < 1.29 is 27.1 Å². The molecule has 236 valence electrons. The molecule has 4 rings (SSSR count). The van der Waals surface area contributed by atoms with Gasteiger partial charge in [-0.25, -0.2) is 12.8 Å². The van der Waals surface area contributed by atoms with E-state index in [0.717, 1.165) is 33.1 Å². The van der Waals surface area contributed by atoms with Gasteiger partial charge in [0.1, 0.15) is 24.2 Å². The molecule has 1 N–H and O–H groups in total. The minimum absolute atomic E-state index is 0.0639. The van der Waals surface area contributed by atoms with Crippen LogP contribution in [-0.4, -0.2) is 50.9 Å². The lowest BCUT2D eigenvalue weighted by Crippen LogP contribution is -2.54. The van der Waals surface area contributed by atoms with Crippen LogP contribution in [0.1, 0.15) is 30.5 Å². The Morgan fingerprint density at radius 2 is 1.49 bits per heavy atom. The van der Waals surface area contributed by atoms with Gasteiger partial charge in [0.2, 0.25) is 11.8 Å². The topological polar surface area (TPSA) is 96.0 Å². The fourth-order valence-electron chi connectivity index (χ4n) is 4.92. The number of aryl methyl sites for hydroxylation is 1. The van der Waals surface area contributed by atoms with Gasteiger partial charge in [-0.1, -0.05) is 54.6 Å². The zero-order chi connectivity index (χ0) is 32.6. The predicted molar refractivity (Wildman–Crippen MR) is 173 cm³/mol. The summed E-state index contributed by atoms with van der Waals surface area (Å²) in [4.78, 5) is 29.6. The van der Waals surface area contributed by atoms with Crippen LogP contribution in [0.4, 0.5) is 10.1 Å². The molecule has 10 heteroatoms. The van der Waals surface area contributed by atoms with Crippen LogP contribution >= 0.6 is 0 Å². The molecule has 0 bridgehead atoms. The van der Waals surface area contributed by atoms with Crippen LogP contribution < -0.4 is 14.4 Å². The average molecular weight is 632 g/mol. The first-order chi connectivity index (χ1) is 21.5. The standard InChI is InChI=1S/C35H38FN3O5S/c1-25(2)37-35(41)33(22-27-11-6-5-7-12-27)38(23-28-13-9-8-10-26(28)3)34(40)24-39(30-16-14-29(36)15-17-30)45(42,43)32-20-18-31(44-4)19-21-32/h5-21,25,33H,22-24H2,1-4H3,(H,37,41)/t33-/m0/s1. The van der Waals surface area contributed by atoms with Crippen molar-refractivity contribution in [1.82, 2.24) is 10.2 Å². The Morgan fingerprint density at radius 1 is 0.867 bits per heavy atom. The first-order valence-electron chi connectivity index (χ1n) is 14.6. The molecule has 0 saturated heterocycles. The Balaban J connectivity index is 1.81. The highest BCUT2D eigenvalue weighted by atomic mass is 32.2. The van der Waals surface area contributed by atoms with E-state index in [9.17, 15) is 22.4 Å². The fourth-order valence-corrected chi connectivity index (χ4v) is 6.33. The summed E-state index contributed by atoms with van der Waals surface area (Å²) in [5.74, 6) is -1.05. The molecule has 0 aromatic heterocycles. The molecule has 0 aliphatic rings. The van der Waals surface area contributed by atoms with Gasteiger partial charge in [0.05, 0.1) is 17.7 Å². The second-order valence-corrected chi connectivity index (χ2v) is 12.8. The van der Waals surface area contributed by atoms with Crippen LogP contribution in [-0.2, 0) is 32.6 Å². The molecule has 0 fully saturated rings. The maximum absolute atomic E-state index is 14.5. The van der Waals surface area contributed by atoms with E-state index in [2.05, 4.69) is 5.32 Å². The van der Waals surface area contributed by atoms with Gasteiger partial charge >= 0.3 is 0 Å². The van der Waals surface area contributed by atoms with Crippen molar-refractivity contribution in [3.05, 3.63) is 126 Å². The first kappa shape index (κ1) is 33.2. The third kappa shape index (κ3) is 8.48. The molecule has 0 radical (unpaired) electrons. The summed E-state index contributed by atoms with van der Waals surface area (Å²) in [6.45, 7) is 5.02. The molecule has 1 atom stereocenters. The zero-order valence-electron chi connectivity index (χ0n) is 25.8. The fraction of sp³-hybridized carbons (Fsp3) is 0.257. The van der Waals surface area contributed by atoms with E-state index in [1.165, 1.54) is 48.4 Å². The number of anilines is 1. The van der Waals surface area contributed by atoms with E-state index in [0.29, 0.717) is 5.75 Å². The maximum atomic E-state index is 14.5. The molecule has 45 heavy (non-hydrogen) atoms. The van der Waals surface area contributed by atoms with Crippen molar-refractivity contribution in [3.8, 4) is 5.75 Å². The van der Waals surface area contributed by atoms with Crippen LogP contribution in [0.2, 0.25) is 0 Å². The van der Waals surface area contributed by atoms with Crippen molar-refractivity contribution in [3.63, 3.8) is 0 Å². The summed E-state index contributed by atoms with van der Waals surface area (Å²) < 4.78 is 48.2. The molecule has 0 unspecified atom stereocenters. The number of hydrogen-bond donors (Lipinski definition) is 1. The van der Waals surface area contributed by atoms with Gasteiger partial charge in [0, 0.05) is 19.0 Å². The third-order valence-corrected chi connectivity index (χ3v) is 9.13. The molecular formula is C35H38FN3O5S. The number of carbonyl (C=O) groups excluding carboxylic acids is 2. The number of nitrogens with one attached hydrogen (secondary N) is 1. The Labute approximate surface area is 264 Å². The summed E-state index contributed by atoms with van der Waals surface area (Å²) in [5.41, 5.74) is 2.67. The van der Waals surface area contributed by atoms with Crippen LogP contribution in [0.5, 0.6) is 5.75 Å². The second kappa shape index (κ2) is 14.9. The molecule has 4 aromatic rings. The monoisotopic (exact) mass is 631 g/mol. The van der Waals surface area contributed by atoms with Gasteiger partial charge in [-0.3, -0.25) is 13.9 Å². The highest BCUT2D eigenvalue weighted by Crippen LogP contribution is 2.27. The van der Waals surface area contributed by atoms with E-state index in [1.807, 2.05) is 75.4 Å². The molecule has 0 aliphatic heterocycles. The Hall–Kier alpha value is -4.70. The van der Waals surface area contributed by atoms with Crippen LogP contribution in [0.25, 0.3) is 0 Å². The number of carbonyl (C=O) groups is 2. The SMILES string of the molecule is COc1ccc(S(=O)(=O)N(CC(=O)N(Cc2ccccc2C)[C@@H](Cc2ccccc2)C(=O)NC(C)C)c2ccc(F)cc2)cc1. The number of ether oxygens (including phenoxy) is 1. The van der Waals surface area contributed by atoms with Crippen molar-refractivity contribution in [2.24, 2.45) is 0 Å². The van der Waals surface area contributed by atoms with Gasteiger partial charge in [-0.05, 0) is 86.0 Å². The van der Waals surface area contributed by atoms with Gasteiger partial charge in [0.15, 0.2) is 0 Å². The Kier molecular flexibility index (Phi) is 11.0. The highest BCUT2D eigenvalue weighted by molar-refractivity contribution is 7.92. The summed E-state index contributed by atoms with van der Waals surface area (Å²) >= 11 is 0. The lowest BCUT2D eigenvalue weighted by molar-refractivity contribution is -0.140. The lowest BCUT2D eigenvalue weighted by atomic mass is 10.0. The quantitative estimate of drug-likeness (QED) is 0.210. The lowest BCUT2D eigenvalue weighted by Gasteiger charge is -2.34. The molecule has 8 nitrogen and oxygen atoms in total. The highest BCUT2D eigenvalue weighted by Gasteiger charge is 2.35. The first-order valence-corrected chi connectivity index (χ1v) is 16.0. The van der Waals surface area contributed by atoms with Gasteiger partial charge in [0.25, 0.3) is 10.0 Å². The predicted octanol–water partition coefficient (Wildman–Crippen LogP) is 5.50. The average Bonchev–Trinajstić information content (AvgIpc) is 3.03. The van der Waals surface area contributed by atoms with E-state index in [1.54, 1.807) is 0 Å². The number of rotatable bonds is 13. The van der Waals surface area contributed by atoms with Crippen molar-refractivity contribution >= 4 is 27.5 Å². The zero-order valence-corrected chi connectivity index (χ0v) is 26.6. The number of benzene rings is 4. The minimum atomic E-state index is -4.32. The number of sulfonamides is 1. The normalized spacial score (nSPS) is 12.0. The summed E-state index contributed by atoms with van der Waals surface area (Å²) in [5, 5.41) is 2.94. The summed E-state index contributed by atoms with van der Waals surface area (Å²) in [6.07, 6.45) is 0.207. The maximum Gasteiger partial charge on any atom is 0.264 e. The van der Waals surface area contributed by atoms with Crippen molar-refractivity contribution in [2.75, 3.05) is 18.0 Å². The summed E-state index contributed by atoms with van der Waals surface area (Å²) in [7, 11) is -2.85. The Bertz CT molecular complexity index is 1700. The molecule has 0 spiro atoms. The molecule has 2 amide bonds. The largest absolute Gasteiger partial charge is 0.497 e. The van der Waals surface area contributed by atoms with Crippen molar-refractivity contribution in [1.29, 1.82) is 0 Å². The van der Waals surface area contributed by atoms with E-state index >= 15 is 0 Å². The van der Waals surface area contributed by atoms with Crippen LogP contribution in [0.15, 0.2) is 108 Å². The molecule has 0 aliphatic carbocycles. The number of hydrogen-bond acceptors (Lipinski definition) is 5. The Morgan fingerprint density at radius 3 is 2.09 bits per heavy atom. The van der Waals surface area contributed by atoms with Crippen LogP contribution in [0, 0.1) is 12.7 Å². The van der Waals surface area contributed by atoms with E-state index in [-0.39, 0.29) is 35.5 Å². The van der Waals surface area contributed by atoms with Gasteiger partial charge < -0.3 is 15.0 Å². The number of amides is 2. The van der Waals surface area contributed by atoms with Gasteiger partial charge in [-0.15, -0.1) is 0 Å². The smallest absolute Gasteiger partial charge is 0.264 e. The van der Waals surface area contributed by atoms with Gasteiger partial charge in [-0.2, -0.15) is 0 Å². The molecule has 4 aromatic carbocycles. The number of methoxy groups -OCH3 is 1. The molecule has 0 saturated carbocycles. The molecule has 0 heterocycles. The minimum Gasteiger partial charge on any atom is -0.497 e. The second-order valence-electron chi connectivity index (χ2n) is 11.0. The number of nitrogens with zero attached hydrogens (tertiary/aromatic N) is 2.